The molecule has 4 nitrogen and oxygen atoms in total. The van der Waals surface area contributed by atoms with Crippen molar-refractivity contribution in [2.75, 3.05) is 6.26 Å². The van der Waals surface area contributed by atoms with Gasteiger partial charge < -0.3 is 10.6 Å². The fourth-order valence-electron chi connectivity index (χ4n) is 3.09. The summed E-state index contributed by atoms with van der Waals surface area (Å²) in [6, 6.07) is 0.388. The van der Waals surface area contributed by atoms with Gasteiger partial charge in [-0.25, -0.2) is 9.78 Å². The predicted molar refractivity (Wildman–Crippen MR) is 88.8 cm³/mol. The molecule has 2 aliphatic rings. The smallest absolute Gasteiger partial charge is 0.315 e. The molecule has 21 heavy (non-hydrogen) atoms. The van der Waals surface area contributed by atoms with Gasteiger partial charge in [0.05, 0.1) is 6.04 Å². The molecule has 1 aromatic rings. The van der Waals surface area contributed by atoms with E-state index >= 15 is 0 Å². The molecule has 2 amide bonds. The lowest BCUT2D eigenvalue weighted by Crippen LogP contribution is -2.49. The highest BCUT2D eigenvalue weighted by atomic mass is 32.2. The van der Waals surface area contributed by atoms with Gasteiger partial charge in [0.25, 0.3) is 0 Å². The number of urea groups is 1. The van der Waals surface area contributed by atoms with Crippen molar-refractivity contribution in [3.8, 4) is 0 Å². The lowest BCUT2D eigenvalue weighted by molar-refractivity contribution is 0.228. The lowest BCUT2D eigenvalue weighted by Gasteiger charge is -2.31. The molecular formula is C15H23N3OS2. The summed E-state index contributed by atoms with van der Waals surface area (Å²) in [6.07, 6.45) is 11.2. The van der Waals surface area contributed by atoms with Gasteiger partial charge in [0, 0.05) is 22.9 Å². The summed E-state index contributed by atoms with van der Waals surface area (Å²) >= 11 is 3.51. The third-order valence-corrected chi connectivity index (χ3v) is 6.45. The first-order valence-electron chi connectivity index (χ1n) is 7.77. The van der Waals surface area contributed by atoms with Gasteiger partial charge in [0.1, 0.15) is 5.01 Å². The molecule has 2 fully saturated rings. The Bertz CT molecular complexity index is 461. The van der Waals surface area contributed by atoms with Crippen LogP contribution in [-0.4, -0.2) is 28.6 Å². The normalized spacial score (nSPS) is 27.1. The quantitative estimate of drug-likeness (QED) is 0.870. The Morgan fingerprint density at radius 1 is 1.38 bits per heavy atom. The highest BCUT2D eigenvalue weighted by molar-refractivity contribution is 7.99. The van der Waals surface area contributed by atoms with Gasteiger partial charge in [-0.15, -0.1) is 11.3 Å². The fraction of sp³-hybridized carbons (Fsp3) is 0.733. The topological polar surface area (TPSA) is 54.0 Å². The number of hydrogen-bond donors (Lipinski definition) is 2. The number of carbonyl (C=O) groups excluding carboxylic acids is 1. The molecule has 1 aromatic heterocycles. The van der Waals surface area contributed by atoms with Crippen molar-refractivity contribution in [1.29, 1.82) is 0 Å². The SMILES string of the molecule is CS[C@@H]1CCCC[C@H]1NC(=O)N[C@@H](c1nccs1)C1CC1. The second kappa shape index (κ2) is 7.01. The molecule has 2 aliphatic carbocycles. The first-order valence-corrected chi connectivity index (χ1v) is 9.94. The molecule has 0 aliphatic heterocycles. The number of nitrogens with zero attached hydrogens (tertiary/aromatic N) is 1. The highest BCUT2D eigenvalue weighted by Gasteiger charge is 2.35. The van der Waals surface area contributed by atoms with Crippen LogP contribution in [0, 0.1) is 5.92 Å². The summed E-state index contributed by atoms with van der Waals surface area (Å²) in [4.78, 5) is 16.7. The van der Waals surface area contributed by atoms with Gasteiger partial charge in [-0.3, -0.25) is 0 Å². The van der Waals surface area contributed by atoms with Crippen molar-refractivity contribution in [1.82, 2.24) is 15.6 Å². The van der Waals surface area contributed by atoms with E-state index in [4.69, 9.17) is 0 Å². The summed E-state index contributed by atoms with van der Waals surface area (Å²) in [6.45, 7) is 0. The molecule has 0 aromatic carbocycles. The first-order chi connectivity index (χ1) is 10.3. The maximum Gasteiger partial charge on any atom is 0.315 e. The van der Waals surface area contributed by atoms with Crippen LogP contribution >= 0.6 is 23.1 Å². The van der Waals surface area contributed by atoms with Crippen LogP contribution < -0.4 is 10.6 Å². The molecule has 3 rings (SSSR count). The lowest BCUT2D eigenvalue weighted by atomic mass is 9.95. The zero-order valence-electron chi connectivity index (χ0n) is 12.4. The van der Waals surface area contributed by atoms with Crippen LogP contribution in [0.4, 0.5) is 4.79 Å². The monoisotopic (exact) mass is 325 g/mol. The number of carbonyl (C=O) groups is 1. The average molecular weight is 326 g/mol. The second-order valence-corrected chi connectivity index (χ2v) is 7.97. The van der Waals surface area contributed by atoms with E-state index in [1.165, 1.54) is 32.1 Å². The molecule has 0 unspecified atom stereocenters. The Kier molecular flexibility index (Phi) is 5.06. The number of thioether (sulfide) groups is 1. The molecule has 0 bridgehead atoms. The van der Waals surface area contributed by atoms with Crippen LogP contribution in [0.15, 0.2) is 11.6 Å². The van der Waals surface area contributed by atoms with E-state index in [2.05, 4.69) is 21.9 Å². The Hall–Kier alpha value is -0.750. The molecule has 2 N–H and O–H groups in total. The number of nitrogens with one attached hydrogen (secondary N) is 2. The molecule has 0 radical (unpaired) electrons. The Labute approximate surface area is 134 Å². The number of thiazole rings is 1. The van der Waals surface area contributed by atoms with Crippen LogP contribution in [0.3, 0.4) is 0 Å². The highest BCUT2D eigenvalue weighted by Crippen LogP contribution is 2.41. The number of amides is 2. The van der Waals surface area contributed by atoms with Crippen molar-refractivity contribution >= 4 is 29.1 Å². The largest absolute Gasteiger partial charge is 0.334 e. The van der Waals surface area contributed by atoms with Crippen molar-refractivity contribution < 1.29 is 4.79 Å². The van der Waals surface area contributed by atoms with Crippen molar-refractivity contribution in [2.45, 2.75) is 55.9 Å². The van der Waals surface area contributed by atoms with Gasteiger partial charge in [-0.1, -0.05) is 12.8 Å². The summed E-state index contributed by atoms with van der Waals surface area (Å²) in [7, 11) is 0. The van der Waals surface area contributed by atoms with Crippen molar-refractivity contribution in [2.24, 2.45) is 5.92 Å². The van der Waals surface area contributed by atoms with Gasteiger partial charge >= 0.3 is 6.03 Å². The molecule has 116 valence electrons. The third-order valence-electron chi connectivity index (χ3n) is 4.42. The van der Waals surface area contributed by atoms with E-state index in [0.29, 0.717) is 17.2 Å². The van der Waals surface area contributed by atoms with Crippen molar-refractivity contribution in [3.05, 3.63) is 16.6 Å². The molecule has 0 spiro atoms. The zero-order valence-corrected chi connectivity index (χ0v) is 14.0. The van der Waals surface area contributed by atoms with Gasteiger partial charge in [0.15, 0.2) is 0 Å². The molecule has 1 heterocycles. The summed E-state index contributed by atoms with van der Waals surface area (Å²) < 4.78 is 0. The predicted octanol–water partition coefficient (Wildman–Crippen LogP) is 3.57. The minimum atomic E-state index is -0.0203. The number of aromatic nitrogens is 1. The minimum Gasteiger partial charge on any atom is -0.334 e. The maximum atomic E-state index is 12.4. The average Bonchev–Trinajstić information content (AvgIpc) is 3.19. The van der Waals surface area contributed by atoms with Gasteiger partial charge in [-0.2, -0.15) is 11.8 Å². The molecular weight excluding hydrogens is 302 g/mol. The minimum absolute atomic E-state index is 0.0203. The molecule has 0 saturated heterocycles. The summed E-state index contributed by atoms with van der Waals surface area (Å²) in [5, 5.41) is 9.94. The van der Waals surface area contributed by atoms with Crippen molar-refractivity contribution in [3.63, 3.8) is 0 Å². The molecule has 6 heteroatoms. The van der Waals surface area contributed by atoms with Crippen LogP contribution in [0.5, 0.6) is 0 Å². The van der Waals surface area contributed by atoms with E-state index in [9.17, 15) is 4.79 Å². The Morgan fingerprint density at radius 2 is 2.19 bits per heavy atom. The van der Waals surface area contributed by atoms with E-state index < -0.39 is 0 Å². The van der Waals surface area contributed by atoms with Gasteiger partial charge in [-0.05, 0) is 37.9 Å². The van der Waals surface area contributed by atoms with E-state index in [1.807, 2.05) is 23.3 Å². The van der Waals surface area contributed by atoms with E-state index in [0.717, 1.165) is 11.4 Å². The number of hydrogen-bond acceptors (Lipinski definition) is 4. The van der Waals surface area contributed by atoms with Crippen LogP contribution in [-0.2, 0) is 0 Å². The summed E-state index contributed by atoms with van der Waals surface area (Å²) in [5.41, 5.74) is 0. The maximum absolute atomic E-state index is 12.4. The Balaban J connectivity index is 1.57. The van der Waals surface area contributed by atoms with Crippen LogP contribution in [0.1, 0.15) is 49.6 Å². The standard InChI is InChI=1S/C15H23N3OS2/c1-20-12-5-3-2-4-11(12)17-15(19)18-13(10-6-7-10)14-16-8-9-21-14/h8-13H,2-7H2,1H3,(H2,17,18,19)/t11-,12-,13-/m1/s1. The molecule has 2 saturated carbocycles. The van der Waals surface area contributed by atoms with Gasteiger partial charge in [0.2, 0.25) is 0 Å². The second-order valence-electron chi connectivity index (χ2n) is 5.97. The Morgan fingerprint density at radius 3 is 2.86 bits per heavy atom. The fourth-order valence-corrected chi connectivity index (χ4v) is 4.81. The molecule has 3 atom stereocenters. The first kappa shape index (κ1) is 15.2. The number of rotatable bonds is 5. The summed E-state index contributed by atoms with van der Waals surface area (Å²) in [5.74, 6) is 0.574. The third kappa shape index (κ3) is 3.92. The van der Waals surface area contributed by atoms with E-state index in [1.54, 1.807) is 11.3 Å². The zero-order chi connectivity index (χ0) is 14.7. The van der Waals surface area contributed by atoms with Crippen LogP contribution in [0.25, 0.3) is 0 Å². The van der Waals surface area contributed by atoms with E-state index in [-0.39, 0.29) is 12.1 Å². The van der Waals surface area contributed by atoms with Crippen LogP contribution in [0.2, 0.25) is 0 Å².